The maximum atomic E-state index is 14.0. The lowest BCUT2D eigenvalue weighted by Gasteiger charge is -2.15. The molecule has 0 aliphatic rings. The van der Waals surface area contributed by atoms with Crippen LogP contribution in [0.15, 0.2) is 77.3 Å². The molecule has 0 radical (unpaired) electrons. The molecule has 0 aliphatic carbocycles. The number of hydrogen-bond donors (Lipinski definition) is 2. The summed E-state index contributed by atoms with van der Waals surface area (Å²) in [6, 6.07) is 19.8. The Kier molecular flexibility index (Phi) is 7.29. The van der Waals surface area contributed by atoms with Gasteiger partial charge >= 0.3 is 12.1 Å². The van der Waals surface area contributed by atoms with Crippen molar-refractivity contribution < 1.29 is 33.1 Å². The number of hydrogen-bond acceptors (Lipinski definition) is 6. The molecule has 0 saturated heterocycles. The highest BCUT2D eigenvalue weighted by Gasteiger charge is 2.21. The van der Waals surface area contributed by atoms with Gasteiger partial charge in [0, 0.05) is 11.1 Å². The maximum absolute atomic E-state index is 14.0. The van der Waals surface area contributed by atoms with E-state index in [9.17, 15) is 14.0 Å². The zero-order chi connectivity index (χ0) is 25.7. The minimum atomic E-state index is -0.922. The van der Waals surface area contributed by atoms with Gasteiger partial charge in [0.15, 0.2) is 5.76 Å². The van der Waals surface area contributed by atoms with E-state index < -0.39 is 24.0 Å². The Labute approximate surface area is 206 Å². The van der Waals surface area contributed by atoms with Crippen LogP contribution in [0.2, 0.25) is 0 Å². The fourth-order valence-electron chi connectivity index (χ4n) is 3.58. The highest BCUT2D eigenvalue weighted by molar-refractivity contribution is 5.90. The van der Waals surface area contributed by atoms with Gasteiger partial charge in [0.25, 0.3) is 0 Å². The number of anilines is 1. The normalized spacial score (nSPS) is 11.5. The molecule has 0 saturated carbocycles. The first-order chi connectivity index (χ1) is 17.3. The molecule has 2 N–H and O–H groups in total. The molecular formula is C27H23FN2O6. The predicted molar refractivity (Wildman–Crippen MR) is 129 cm³/mol. The number of nitrogens with zero attached hydrogens (tertiary/aromatic N) is 1. The van der Waals surface area contributed by atoms with Crippen LogP contribution < -0.4 is 10.1 Å². The van der Waals surface area contributed by atoms with E-state index in [0.29, 0.717) is 39.8 Å². The van der Waals surface area contributed by atoms with Gasteiger partial charge in [0.2, 0.25) is 0 Å². The molecule has 1 aromatic heterocycles. The van der Waals surface area contributed by atoms with E-state index in [1.54, 1.807) is 80.6 Å². The van der Waals surface area contributed by atoms with E-state index in [0.717, 1.165) is 0 Å². The fourth-order valence-corrected chi connectivity index (χ4v) is 3.58. The van der Waals surface area contributed by atoms with Gasteiger partial charge in [-0.2, -0.15) is 0 Å². The van der Waals surface area contributed by atoms with E-state index >= 15 is 0 Å². The highest BCUT2D eigenvalue weighted by Crippen LogP contribution is 2.33. The van der Waals surface area contributed by atoms with Gasteiger partial charge in [-0.05, 0) is 61.9 Å². The summed E-state index contributed by atoms with van der Waals surface area (Å²) in [5.41, 5.74) is 2.28. The highest BCUT2D eigenvalue weighted by atomic mass is 19.1. The minimum Gasteiger partial charge on any atom is -0.481 e. The molecule has 0 bridgehead atoms. The lowest BCUT2D eigenvalue weighted by molar-refractivity contribution is -0.136. The smallest absolute Gasteiger partial charge is 0.412 e. The van der Waals surface area contributed by atoms with Crippen LogP contribution in [-0.4, -0.2) is 22.3 Å². The number of carbonyl (C=O) groups is 2. The molecule has 0 aliphatic heterocycles. The molecular weight excluding hydrogens is 467 g/mol. The number of carboxylic acid groups (broad SMARTS) is 1. The summed E-state index contributed by atoms with van der Waals surface area (Å²) < 4.78 is 30.6. The van der Waals surface area contributed by atoms with Crippen molar-refractivity contribution >= 4 is 17.7 Å². The maximum Gasteiger partial charge on any atom is 0.412 e. The van der Waals surface area contributed by atoms with Crippen molar-refractivity contribution in [3.63, 3.8) is 0 Å². The van der Waals surface area contributed by atoms with E-state index in [1.165, 1.54) is 6.07 Å². The van der Waals surface area contributed by atoms with Crippen molar-refractivity contribution in [2.45, 2.75) is 26.4 Å². The van der Waals surface area contributed by atoms with Gasteiger partial charge in [-0.3, -0.25) is 10.1 Å². The molecule has 1 amide bonds. The first kappa shape index (κ1) is 24.5. The number of aliphatic carboxylic acids is 1. The van der Waals surface area contributed by atoms with Crippen molar-refractivity contribution in [3.05, 3.63) is 95.4 Å². The third-order valence-corrected chi connectivity index (χ3v) is 5.32. The van der Waals surface area contributed by atoms with Gasteiger partial charge in [-0.15, -0.1) is 0 Å². The number of rotatable bonds is 8. The molecule has 3 aromatic carbocycles. The molecule has 184 valence electrons. The summed E-state index contributed by atoms with van der Waals surface area (Å²) >= 11 is 0. The van der Waals surface area contributed by atoms with Gasteiger partial charge in [0.05, 0.1) is 6.42 Å². The topological polar surface area (TPSA) is 111 Å². The quantitative estimate of drug-likeness (QED) is 0.289. The SMILES string of the molecule is Cc1noc(-c2ccc(Oc3cccc(CC(=O)O)c3)cc2)c1NC(=O)O[C@H](C)c1ccccc1F. The molecule has 4 aromatic rings. The number of halogens is 1. The van der Waals surface area contributed by atoms with Crippen LogP contribution in [-0.2, 0) is 16.0 Å². The molecule has 1 heterocycles. The van der Waals surface area contributed by atoms with Gasteiger partial charge in [-0.1, -0.05) is 35.5 Å². The Balaban J connectivity index is 1.45. The van der Waals surface area contributed by atoms with Crippen molar-refractivity contribution in [1.82, 2.24) is 5.16 Å². The number of carboxylic acids is 1. The van der Waals surface area contributed by atoms with Gasteiger partial charge in [-0.25, -0.2) is 9.18 Å². The van der Waals surface area contributed by atoms with Crippen LogP contribution in [0.25, 0.3) is 11.3 Å². The third kappa shape index (κ3) is 5.87. The summed E-state index contributed by atoms with van der Waals surface area (Å²) in [6.45, 7) is 3.25. The zero-order valence-corrected chi connectivity index (χ0v) is 19.5. The first-order valence-corrected chi connectivity index (χ1v) is 11.1. The Hall–Kier alpha value is -4.66. The second-order valence-electron chi connectivity index (χ2n) is 8.01. The van der Waals surface area contributed by atoms with Crippen molar-refractivity contribution in [1.29, 1.82) is 0 Å². The van der Waals surface area contributed by atoms with Gasteiger partial charge < -0.3 is 19.1 Å². The molecule has 4 rings (SSSR count). The first-order valence-electron chi connectivity index (χ1n) is 11.1. The van der Waals surface area contributed by atoms with Crippen LogP contribution in [0.5, 0.6) is 11.5 Å². The lowest BCUT2D eigenvalue weighted by Crippen LogP contribution is -2.17. The molecule has 0 unspecified atom stereocenters. The lowest BCUT2D eigenvalue weighted by atomic mass is 10.1. The van der Waals surface area contributed by atoms with Crippen LogP contribution in [0.4, 0.5) is 14.9 Å². The Morgan fingerprint density at radius 3 is 2.53 bits per heavy atom. The van der Waals surface area contributed by atoms with Crippen molar-refractivity contribution in [2.24, 2.45) is 0 Å². The third-order valence-electron chi connectivity index (χ3n) is 5.32. The second-order valence-corrected chi connectivity index (χ2v) is 8.01. The zero-order valence-electron chi connectivity index (χ0n) is 19.5. The number of aryl methyl sites for hydroxylation is 1. The molecule has 0 spiro atoms. The van der Waals surface area contributed by atoms with E-state index in [1.807, 2.05) is 0 Å². The summed E-state index contributed by atoms with van der Waals surface area (Å²) in [5, 5.41) is 15.5. The molecule has 8 nitrogen and oxygen atoms in total. The van der Waals surface area contributed by atoms with Crippen LogP contribution >= 0.6 is 0 Å². The average molecular weight is 490 g/mol. The standard InChI is InChI=1S/C27H23FN2O6/c1-16-25(29-27(33)34-17(2)22-8-3-4-9-23(22)28)26(36-30-16)19-10-12-20(13-11-19)35-21-7-5-6-18(14-21)15-24(31)32/h3-14,17H,15H2,1-2H3,(H,29,33)(H,31,32)/t17-/m1/s1. The van der Waals surface area contributed by atoms with Crippen molar-refractivity contribution in [2.75, 3.05) is 5.32 Å². The summed E-state index contributed by atoms with van der Waals surface area (Å²) in [6.07, 6.45) is -1.68. The largest absolute Gasteiger partial charge is 0.481 e. The number of carbonyl (C=O) groups excluding carboxylic acids is 1. The summed E-state index contributed by atoms with van der Waals surface area (Å²) in [7, 11) is 0. The Bertz CT molecular complexity index is 1380. The van der Waals surface area contributed by atoms with E-state index in [4.69, 9.17) is 19.1 Å². The number of nitrogens with one attached hydrogen (secondary N) is 1. The fraction of sp³-hybridized carbons (Fsp3) is 0.148. The number of amides is 1. The summed E-state index contributed by atoms with van der Waals surface area (Å²) in [5.74, 6) is -0.0384. The number of ether oxygens (including phenoxy) is 2. The molecule has 9 heteroatoms. The molecule has 0 fully saturated rings. The monoisotopic (exact) mass is 490 g/mol. The van der Waals surface area contributed by atoms with Crippen molar-refractivity contribution in [3.8, 4) is 22.8 Å². The predicted octanol–water partition coefficient (Wildman–Crippen LogP) is 6.52. The van der Waals surface area contributed by atoms with Crippen LogP contribution in [0.1, 0.15) is 29.8 Å². The van der Waals surface area contributed by atoms with Gasteiger partial charge in [0.1, 0.15) is 34.8 Å². The van der Waals surface area contributed by atoms with E-state index in [-0.39, 0.29) is 12.0 Å². The van der Waals surface area contributed by atoms with E-state index in [2.05, 4.69) is 10.5 Å². The molecule has 36 heavy (non-hydrogen) atoms. The van der Waals surface area contributed by atoms with Crippen LogP contribution in [0, 0.1) is 12.7 Å². The molecule has 1 atom stereocenters. The van der Waals surface area contributed by atoms with Crippen LogP contribution in [0.3, 0.4) is 0 Å². The number of aromatic nitrogens is 1. The Morgan fingerprint density at radius 2 is 1.81 bits per heavy atom. The Morgan fingerprint density at radius 1 is 1.06 bits per heavy atom. The second kappa shape index (κ2) is 10.7. The number of benzene rings is 3. The minimum absolute atomic E-state index is 0.0989. The average Bonchev–Trinajstić information content (AvgIpc) is 3.19. The summed E-state index contributed by atoms with van der Waals surface area (Å²) in [4.78, 5) is 23.4.